The van der Waals surface area contributed by atoms with Crippen molar-refractivity contribution in [2.45, 2.75) is 6.92 Å². The monoisotopic (exact) mass is 336 g/mol. The van der Waals surface area contributed by atoms with E-state index in [-0.39, 0.29) is 0 Å². The second kappa shape index (κ2) is 7.66. The van der Waals surface area contributed by atoms with Crippen molar-refractivity contribution in [3.8, 4) is 11.5 Å². The Bertz CT molecular complexity index is 847. The highest BCUT2D eigenvalue weighted by Crippen LogP contribution is 2.22. The molecule has 0 heterocycles. The van der Waals surface area contributed by atoms with Gasteiger partial charge in [-0.05, 0) is 54.4 Å². The Morgan fingerprint density at radius 2 is 1.71 bits per heavy atom. The number of hydrazone groups is 1. The number of halogens is 1. The maximum Gasteiger partial charge on any atom is 0.128 e. The number of aryl methyl sites for hydroxylation is 1. The molecule has 1 N–H and O–H groups in total. The molecule has 0 radical (unpaired) electrons. The van der Waals surface area contributed by atoms with Crippen LogP contribution in [0.1, 0.15) is 11.1 Å². The van der Waals surface area contributed by atoms with Gasteiger partial charge in [0, 0.05) is 5.02 Å². The molecule has 3 aromatic carbocycles. The van der Waals surface area contributed by atoms with Gasteiger partial charge in [-0.15, -0.1) is 0 Å². The third-order valence-corrected chi connectivity index (χ3v) is 3.82. The molecule has 0 saturated carbocycles. The molecular formula is C20H17ClN2O. The molecule has 0 aliphatic rings. The lowest BCUT2D eigenvalue weighted by Gasteiger charge is -2.06. The van der Waals surface area contributed by atoms with E-state index in [9.17, 15) is 0 Å². The summed E-state index contributed by atoms with van der Waals surface area (Å²) in [5.41, 5.74) is 5.80. The van der Waals surface area contributed by atoms with Crippen LogP contribution in [0.25, 0.3) is 0 Å². The fourth-order valence-corrected chi connectivity index (χ4v) is 2.31. The number of anilines is 1. The van der Waals surface area contributed by atoms with E-state index in [1.807, 2.05) is 79.7 Å². The minimum absolute atomic E-state index is 0.716. The predicted octanol–water partition coefficient (Wildman–Crippen LogP) is 5.89. The molecule has 3 aromatic rings. The van der Waals surface area contributed by atoms with Gasteiger partial charge in [0.15, 0.2) is 0 Å². The van der Waals surface area contributed by atoms with E-state index in [1.54, 1.807) is 6.21 Å². The number of nitrogens with zero attached hydrogens (tertiary/aromatic N) is 1. The quantitative estimate of drug-likeness (QED) is 0.465. The lowest BCUT2D eigenvalue weighted by atomic mass is 10.2. The average Bonchev–Trinajstić information content (AvgIpc) is 2.59. The maximum absolute atomic E-state index is 6.10. The van der Waals surface area contributed by atoms with Crippen molar-refractivity contribution in [1.82, 2.24) is 0 Å². The minimum atomic E-state index is 0.716. The van der Waals surface area contributed by atoms with Gasteiger partial charge in [-0.25, -0.2) is 0 Å². The summed E-state index contributed by atoms with van der Waals surface area (Å²) in [5, 5.41) is 4.96. The number of benzene rings is 3. The van der Waals surface area contributed by atoms with Gasteiger partial charge < -0.3 is 4.74 Å². The molecule has 0 fully saturated rings. The first-order chi connectivity index (χ1) is 11.7. The van der Waals surface area contributed by atoms with Crippen LogP contribution >= 0.6 is 11.6 Å². The van der Waals surface area contributed by atoms with E-state index in [4.69, 9.17) is 16.3 Å². The Kier molecular flexibility index (Phi) is 5.14. The van der Waals surface area contributed by atoms with Crippen LogP contribution in [0.3, 0.4) is 0 Å². The summed E-state index contributed by atoms with van der Waals surface area (Å²) in [6.45, 7) is 1.97. The van der Waals surface area contributed by atoms with Gasteiger partial charge in [-0.1, -0.05) is 48.0 Å². The van der Waals surface area contributed by atoms with Gasteiger partial charge in [-0.3, -0.25) is 5.43 Å². The smallest absolute Gasteiger partial charge is 0.128 e. The molecule has 0 unspecified atom stereocenters. The minimum Gasteiger partial charge on any atom is -0.457 e. The van der Waals surface area contributed by atoms with Gasteiger partial charge >= 0.3 is 0 Å². The molecule has 3 nitrogen and oxygen atoms in total. The first-order valence-corrected chi connectivity index (χ1v) is 7.97. The average molecular weight is 337 g/mol. The summed E-state index contributed by atoms with van der Waals surface area (Å²) >= 11 is 6.10. The summed E-state index contributed by atoms with van der Waals surface area (Å²) in [6.07, 6.45) is 1.74. The van der Waals surface area contributed by atoms with Crippen molar-refractivity contribution in [2.24, 2.45) is 5.10 Å². The molecule has 0 saturated heterocycles. The van der Waals surface area contributed by atoms with Crippen molar-refractivity contribution in [3.63, 3.8) is 0 Å². The molecule has 24 heavy (non-hydrogen) atoms. The van der Waals surface area contributed by atoms with Crippen molar-refractivity contribution >= 4 is 23.5 Å². The molecule has 0 atom stereocenters. The molecule has 3 rings (SSSR count). The van der Waals surface area contributed by atoms with E-state index >= 15 is 0 Å². The fourth-order valence-electron chi connectivity index (χ4n) is 2.13. The number of hydrogen-bond acceptors (Lipinski definition) is 3. The first-order valence-electron chi connectivity index (χ1n) is 7.59. The second-order valence-electron chi connectivity index (χ2n) is 5.32. The summed E-state index contributed by atoms with van der Waals surface area (Å²) in [4.78, 5) is 0. The van der Waals surface area contributed by atoms with Crippen molar-refractivity contribution < 1.29 is 4.74 Å². The van der Waals surface area contributed by atoms with Crippen LogP contribution in [-0.2, 0) is 0 Å². The number of ether oxygens (including phenoxy) is 1. The highest BCUT2D eigenvalue weighted by atomic mass is 35.5. The van der Waals surface area contributed by atoms with Crippen LogP contribution in [-0.4, -0.2) is 6.21 Å². The van der Waals surface area contributed by atoms with Gasteiger partial charge in [0.1, 0.15) is 11.5 Å². The highest BCUT2D eigenvalue weighted by molar-refractivity contribution is 6.31. The van der Waals surface area contributed by atoms with E-state index in [1.165, 1.54) is 0 Å². The molecule has 0 aromatic heterocycles. The summed E-state index contributed by atoms with van der Waals surface area (Å²) in [6, 6.07) is 23.2. The normalized spacial score (nSPS) is 10.8. The third kappa shape index (κ3) is 4.37. The third-order valence-electron chi connectivity index (χ3n) is 3.42. The lowest BCUT2D eigenvalue weighted by Crippen LogP contribution is -1.92. The maximum atomic E-state index is 6.10. The number of nitrogens with one attached hydrogen (secondary N) is 1. The van der Waals surface area contributed by atoms with Crippen LogP contribution in [0.4, 0.5) is 5.69 Å². The van der Waals surface area contributed by atoms with Gasteiger partial charge in [0.25, 0.3) is 0 Å². The summed E-state index contributed by atoms with van der Waals surface area (Å²) in [7, 11) is 0. The van der Waals surface area contributed by atoms with E-state index < -0.39 is 0 Å². The second-order valence-corrected chi connectivity index (χ2v) is 5.73. The molecule has 0 aliphatic heterocycles. The van der Waals surface area contributed by atoms with Crippen molar-refractivity contribution in [2.75, 3.05) is 5.43 Å². The number of para-hydroxylation sites is 1. The van der Waals surface area contributed by atoms with Crippen LogP contribution < -0.4 is 10.2 Å². The standard InChI is InChI=1S/C20H17ClN2O/c1-15-10-11-17(13-20(15)21)23-22-14-16-6-5-9-19(12-16)24-18-7-3-2-4-8-18/h2-14,23H,1H3. The van der Waals surface area contributed by atoms with Gasteiger partial charge in [0.05, 0.1) is 11.9 Å². The molecule has 0 bridgehead atoms. The molecule has 0 amide bonds. The Morgan fingerprint density at radius 1 is 0.917 bits per heavy atom. The summed E-state index contributed by atoms with van der Waals surface area (Å²) in [5.74, 6) is 1.57. The fraction of sp³-hybridized carbons (Fsp3) is 0.0500. The number of rotatable bonds is 5. The Morgan fingerprint density at radius 3 is 2.50 bits per heavy atom. The summed E-state index contributed by atoms with van der Waals surface area (Å²) < 4.78 is 5.81. The molecule has 120 valence electrons. The first kappa shape index (κ1) is 16.1. The Balaban J connectivity index is 1.66. The molecular weight excluding hydrogens is 320 g/mol. The Hall–Kier alpha value is -2.78. The predicted molar refractivity (Wildman–Crippen MR) is 100 cm³/mol. The largest absolute Gasteiger partial charge is 0.457 e. The van der Waals surface area contributed by atoms with E-state index in [0.717, 1.165) is 28.3 Å². The molecule has 0 spiro atoms. The zero-order valence-electron chi connectivity index (χ0n) is 13.2. The molecule has 4 heteroatoms. The van der Waals surface area contributed by atoms with E-state index in [2.05, 4.69) is 10.5 Å². The van der Waals surface area contributed by atoms with Crippen LogP contribution in [0.5, 0.6) is 11.5 Å². The van der Waals surface area contributed by atoms with Crippen LogP contribution in [0.2, 0.25) is 5.02 Å². The van der Waals surface area contributed by atoms with E-state index in [0.29, 0.717) is 5.02 Å². The highest BCUT2D eigenvalue weighted by Gasteiger charge is 1.98. The zero-order chi connectivity index (χ0) is 16.8. The van der Waals surface area contributed by atoms with Gasteiger partial charge in [-0.2, -0.15) is 5.10 Å². The van der Waals surface area contributed by atoms with Crippen molar-refractivity contribution in [3.05, 3.63) is 88.9 Å². The van der Waals surface area contributed by atoms with Crippen LogP contribution in [0, 0.1) is 6.92 Å². The number of hydrogen-bond donors (Lipinski definition) is 1. The van der Waals surface area contributed by atoms with Gasteiger partial charge in [0.2, 0.25) is 0 Å². The van der Waals surface area contributed by atoms with Crippen molar-refractivity contribution in [1.29, 1.82) is 0 Å². The SMILES string of the molecule is Cc1ccc(NN=Cc2cccc(Oc3ccccc3)c2)cc1Cl. The topological polar surface area (TPSA) is 33.6 Å². The van der Waals surface area contributed by atoms with Crippen LogP contribution in [0.15, 0.2) is 77.9 Å². The lowest BCUT2D eigenvalue weighted by molar-refractivity contribution is 0.482. The molecule has 0 aliphatic carbocycles. The Labute approximate surface area is 146 Å². The zero-order valence-corrected chi connectivity index (χ0v) is 14.0.